The summed E-state index contributed by atoms with van der Waals surface area (Å²) < 4.78 is 33.2. The van der Waals surface area contributed by atoms with Crippen molar-refractivity contribution >= 4 is 31.6 Å². The molecule has 0 aliphatic rings. The van der Waals surface area contributed by atoms with E-state index in [2.05, 4.69) is 25.6 Å². The Hall–Kier alpha value is -1.60. The second-order valence-electron chi connectivity index (χ2n) is 4.35. The number of sulfonamides is 1. The van der Waals surface area contributed by atoms with Gasteiger partial charge in [0.05, 0.1) is 12.3 Å². The number of hydrogen-bond acceptors (Lipinski definition) is 4. The molecule has 0 bridgehead atoms. The summed E-state index contributed by atoms with van der Waals surface area (Å²) in [4.78, 5) is 3.97. The Bertz CT molecular complexity index is 748. The Morgan fingerprint density at radius 2 is 2.05 bits per heavy atom. The quantitative estimate of drug-likeness (QED) is 0.875. The maximum Gasteiger partial charge on any atom is 0.263 e. The van der Waals surface area contributed by atoms with Gasteiger partial charge in [-0.15, -0.1) is 0 Å². The predicted octanol–water partition coefficient (Wildman–Crippen LogP) is 3.35. The number of hydrogen-bond donors (Lipinski definition) is 1. The SMILES string of the molecule is CCOc1ccc(NS(=O)(=O)c2cncc(Br)c2)c(C)c1. The van der Waals surface area contributed by atoms with E-state index in [4.69, 9.17) is 4.74 Å². The number of aromatic nitrogens is 1. The van der Waals surface area contributed by atoms with Crippen LogP contribution in [0.2, 0.25) is 0 Å². The van der Waals surface area contributed by atoms with E-state index in [-0.39, 0.29) is 4.90 Å². The fourth-order valence-corrected chi connectivity index (χ4v) is 3.38. The molecule has 0 fully saturated rings. The van der Waals surface area contributed by atoms with Crippen LogP contribution in [-0.2, 0) is 10.0 Å². The highest BCUT2D eigenvalue weighted by Gasteiger charge is 2.16. The van der Waals surface area contributed by atoms with E-state index >= 15 is 0 Å². The van der Waals surface area contributed by atoms with Gasteiger partial charge in [-0.1, -0.05) is 0 Å². The van der Waals surface area contributed by atoms with Crippen LogP contribution in [0.5, 0.6) is 5.75 Å². The van der Waals surface area contributed by atoms with Gasteiger partial charge < -0.3 is 4.74 Å². The molecule has 0 radical (unpaired) electrons. The van der Waals surface area contributed by atoms with Crippen LogP contribution in [0.1, 0.15) is 12.5 Å². The lowest BCUT2D eigenvalue weighted by molar-refractivity contribution is 0.340. The molecule has 5 nitrogen and oxygen atoms in total. The number of nitrogens with zero attached hydrogens (tertiary/aromatic N) is 1. The summed E-state index contributed by atoms with van der Waals surface area (Å²) in [5, 5.41) is 0. The van der Waals surface area contributed by atoms with Crippen LogP contribution in [0.4, 0.5) is 5.69 Å². The summed E-state index contributed by atoms with van der Waals surface area (Å²) in [6.07, 6.45) is 2.83. The molecule has 0 aliphatic carbocycles. The summed E-state index contributed by atoms with van der Waals surface area (Å²) in [6.45, 7) is 4.28. The van der Waals surface area contributed by atoms with E-state index in [1.54, 1.807) is 18.2 Å². The van der Waals surface area contributed by atoms with Gasteiger partial charge in [0.25, 0.3) is 10.0 Å². The molecule has 1 heterocycles. The normalized spacial score (nSPS) is 11.2. The number of rotatable bonds is 5. The maximum absolute atomic E-state index is 12.3. The highest BCUT2D eigenvalue weighted by Crippen LogP contribution is 2.24. The summed E-state index contributed by atoms with van der Waals surface area (Å²) in [6, 6.07) is 6.70. The topological polar surface area (TPSA) is 68.3 Å². The van der Waals surface area contributed by atoms with Crippen molar-refractivity contribution in [1.82, 2.24) is 4.98 Å². The number of benzene rings is 1. The molecule has 0 amide bonds. The van der Waals surface area contributed by atoms with Crippen LogP contribution in [0.15, 0.2) is 46.0 Å². The monoisotopic (exact) mass is 370 g/mol. The lowest BCUT2D eigenvalue weighted by Crippen LogP contribution is -2.14. The van der Waals surface area contributed by atoms with Gasteiger partial charge in [-0.25, -0.2) is 8.42 Å². The van der Waals surface area contributed by atoms with Crippen molar-refractivity contribution in [1.29, 1.82) is 0 Å². The molecule has 2 rings (SSSR count). The molecular formula is C14H15BrN2O3S. The first-order chi connectivity index (χ1) is 9.92. The van der Waals surface area contributed by atoms with Crippen LogP contribution in [0.3, 0.4) is 0 Å². The smallest absolute Gasteiger partial charge is 0.263 e. The van der Waals surface area contributed by atoms with E-state index in [0.717, 1.165) is 5.56 Å². The molecule has 0 saturated carbocycles. The molecular weight excluding hydrogens is 356 g/mol. The van der Waals surface area contributed by atoms with Gasteiger partial charge in [0, 0.05) is 16.9 Å². The minimum absolute atomic E-state index is 0.102. The Morgan fingerprint density at radius 1 is 1.29 bits per heavy atom. The number of pyridine rings is 1. The van der Waals surface area contributed by atoms with Crippen molar-refractivity contribution in [2.75, 3.05) is 11.3 Å². The molecule has 1 aromatic carbocycles. The Balaban J connectivity index is 2.29. The number of halogens is 1. The van der Waals surface area contributed by atoms with Gasteiger partial charge in [-0.3, -0.25) is 9.71 Å². The van der Waals surface area contributed by atoms with Gasteiger partial charge in [-0.05, 0) is 59.6 Å². The standard InChI is InChI=1S/C14H15BrN2O3S/c1-3-20-12-4-5-14(10(2)6-12)17-21(18,19)13-7-11(15)8-16-9-13/h4-9,17H,3H2,1-2H3. The van der Waals surface area contributed by atoms with Crippen molar-refractivity contribution in [3.8, 4) is 5.75 Å². The van der Waals surface area contributed by atoms with Crippen LogP contribution < -0.4 is 9.46 Å². The number of aryl methyl sites for hydroxylation is 1. The first-order valence-corrected chi connectivity index (χ1v) is 8.57. The zero-order valence-corrected chi connectivity index (χ0v) is 14.0. The average Bonchev–Trinajstić information content (AvgIpc) is 2.42. The van der Waals surface area contributed by atoms with Crippen LogP contribution >= 0.6 is 15.9 Å². The lowest BCUT2D eigenvalue weighted by Gasteiger charge is -2.12. The first kappa shape index (κ1) is 15.8. The van der Waals surface area contributed by atoms with Crippen LogP contribution in [0.25, 0.3) is 0 Å². The summed E-state index contributed by atoms with van der Waals surface area (Å²) in [5.41, 5.74) is 1.30. The summed E-state index contributed by atoms with van der Waals surface area (Å²) >= 11 is 3.21. The van der Waals surface area contributed by atoms with Crippen molar-refractivity contribution in [3.63, 3.8) is 0 Å². The first-order valence-electron chi connectivity index (χ1n) is 6.29. The predicted molar refractivity (Wildman–Crippen MR) is 85.1 cm³/mol. The van der Waals surface area contributed by atoms with Gasteiger partial charge in [0.1, 0.15) is 10.6 Å². The fourth-order valence-electron chi connectivity index (χ4n) is 1.75. The molecule has 0 spiro atoms. The summed E-state index contributed by atoms with van der Waals surface area (Å²) in [5.74, 6) is 0.710. The third kappa shape index (κ3) is 3.95. The molecule has 7 heteroatoms. The van der Waals surface area contributed by atoms with Gasteiger partial charge >= 0.3 is 0 Å². The van der Waals surface area contributed by atoms with Gasteiger partial charge in [-0.2, -0.15) is 0 Å². The second-order valence-corrected chi connectivity index (χ2v) is 6.95. The highest BCUT2D eigenvalue weighted by atomic mass is 79.9. The maximum atomic E-state index is 12.3. The second kappa shape index (κ2) is 6.44. The molecule has 1 N–H and O–H groups in total. The molecule has 112 valence electrons. The zero-order valence-electron chi connectivity index (χ0n) is 11.6. The minimum Gasteiger partial charge on any atom is -0.494 e. The van der Waals surface area contributed by atoms with E-state index in [1.165, 1.54) is 18.5 Å². The highest BCUT2D eigenvalue weighted by molar-refractivity contribution is 9.10. The molecule has 1 aromatic heterocycles. The fraction of sp³-hybridized carbons (Fsp3) is 0.214. The molecule has 0 atom stereocenters. The van der Waals surface area contributed by atoms with E-state index in [0.29, 0.717) is 22.5 Å². The van der Waals surface area contributed by atoms with Gasteiger partial charge in [0.2, 0.25) is 0 Å². The Kier molecular flexibility index (Phi) is 4.84. The minimum atomic E-state index is -3.67. The number of nitrogens with one attached hydrogen (secondary N) is 1. The number of anilines is 1. The van der Waals surface area contributed by atoms with Crippen molar-refractivity contribution < 1.29 is 13.2 Å². The van der Waals surface area contributed by atoms with Gasteiger partial charge in [0.15, 0.2) is 0 Å². The molecule has 0 aliphatic heterocycles. The third-order valence-electron chi connectivity index (χ3n) is 2.74. The van der Waals surface area contributed by atoms with Crippen LogP contribution in [-0.4, -0.2) is 20.0 Å². The molecule has 21 heavy (non-hydrogen) atoms. The lowest BCUT2D eigenvalue weighted by atomic mass is 10.2. The Morgan fingerprint density at radius 3 is 2.67 bits per heavy atom. The van der Waals surface area contributed by atoms with E-state index < -0.39 is 10.0 Å². The largest absolute Gasteiger partial charge is 0.494 e. The molecule has 2 aromatic rings. The molecule has 0 unspecified atom stereocenters. The summed E-state index contributed by atoms with van der Waals surface area (Å²) in [7, 11) is -3.67. The van der Waals surface area contributed by atoms with E-state index in [1.807, 2.05) is 13.8 Å². The number of ether oxygens (including phenoxy) is 1. The Labute approximate surface area is 132 Å². The van der Waals surface area contributed by atoms with Crippen molar-refractivity contribution in [3.05, 3.63) is 46.7 Å². The molecule has 0 saturated heterocycles. The average molecular weight is 371 g/mol. The third-order valence-corrected chi connectivity index (χ3v) is 4.51. The van der Waals surface area contributed by atoms with E-state index in [9.17, 15) is 8.42 Å². The van der Waals surface area contributed by atoms with Crippen LogP contribution in [0, 0.1) is 6.92 Å². The van der Waals surface area contributed by atoms with Crippen molar-refractivity contribution in [2.24, 2.45) is 0 Å². The van der Waals surface area contributed by atoms with Crippen molar-refractivity contribution in [2.45, 2.75) is 18.7 Å². The zero-order chi connectivity index (χ0) is 15.5.